The van der Waals surface area contributed by atoms with Gasteiger partial charge in [-0.3, -0.25) is 4.98 Å². The zero-order chi connectivity index (χ0) is 18.9. The molecular formula is C18H15F2N3O3. The number of anilines is 1. The van der Waals surface area contributed by atoms with E-state index in [4.69, 9.17) is 5.11 Å². The summed E-state index contributed by atoms with van der Waals surface area (Å²) in [4.78, 5) is 16.9. The van der Waals surface area contributed by atoms with Crippen molar-refractivity contribution < 1.29 is 23.8 Å². The number of carboxylic acid groups (broad SMARTS) is 1. The summed E-state index contributed by atoms with van der Waals surface area (Å²) in [6.45, 7) is 0.309. The molecule has 1 aromatic carbocycles. The highest BCUT2D eigenvalue weighted by Gasteiger charge is 2.34. The van der Waals surface area contributed by atoms with Crippen LogP contribution in [0.2, 0.25) is 0 Å². The van der Waals surface area contributed by atoms with E-state index in [1.807, 2.05) is 6.07 Å². The lowest BCUT2D eigenvalue weighted by molar-refractivity contribution is -0.0220. The lowest BCUT2D eigenvalue weighted by Gasteiger charge is -2.33. The minimum Gasteiger partial charge on any atom is -0.505 e. The zero-order valence-corrected chi connectivity index (χ0v) is 13.6. The van der Waals surface area contributed by atoms with Gasteiger partial charge >= 0.3 is 5.97 Å². The van der Waals surface area contributed by atoms with Gasteiger partial charge in [0.25, 0.3) is 5.92 Å². The molecule has 2 N–H and O–H groups in total. The number of pyridine rings is 1. The number of piperidine rings is 1. The second kappa shape index (κ2) is 6.59. The topological polar surface area (TPSA) is 97.5 Å². The number of benzene rings is 1. The van der Waals surface area contributed by atoms with Gasteiger partial charge < -0.3 is 15.1 Å². The molecule has 6 nitrogen and oxygen atoms in total. The van der Waals surface area contributed by atoms with Crippen molar-refractivity contribution in [1.29, 1.82) is 5.26 Å². The molecule has 2 heterocycles. The summed E-state index contributed by atoms with van der Waals surface area (Å²) in [5.41, 5.74) is 1.34. The number of aromatic carboxylic acids is 1. The molecule has 0 amide bonds. The van der Waals surface area contributed by atoms with Crippen LogP contribution >= 0.6 is 0 Å². The lowest BCUT2D eigenvalue weighted by Crippen LogP contribution is -2.39. The van der Waals surface area contributed by atoms with Crippen LogP contribution in [0.3, 0.4) is 0 Å². The normalized spacial score (nSPS) is 16.1. The Labute approximate surface area is 147 Å². The van der Waals surface area contributed by atoms with Crippen molar-refractivity contribution in [3.05, 3.63) is 41.6 Å². The molecule has 0 unspecified atom stereocenters. The predicted octanol–water partition coefficient (Wildman–Crippen LogP) is 3.26. The van der Waals surface area contributed by atoms with Crippen molar-refractivity contribution in [2.24, 2.45) is 0 Å². The smallest absolute Gasteiger partial charge is 0.339 e. The van der Waals surface area contributed by atoms with Gasteiger partial charge in [0.15, 0.2) is 0 Å². The molecule has 0 atom stereocenters. The molecule has 26 heavy (non-hydrogen) atoms. The van der Waals surface area contributed by atoms with Gasteiger partial charge in [-0.05, 0) is 18.2 Å². The Morgan fingerprint density at radius 3 is 2.58 bits per heavy atom. The van der Waals surface area contributed by atoms with E-state index in [1.54, 1.807) is 17.0 Å². The molecule has 1 aliphatic rings. The zero-order valence-electron chi connectivity index (χ0n) is 13.6. The Morgan fingerprint density at radius 1 is 1.27 bits per heavy atom. The van der Waals surface area contributed by atoms with E-state index in [9.17, 15) is 23.9 Å². The number of nitriles is 1. The summed E-state index contributed by atoms with van der Waals surface area (Å²) in [7, 11) is 0. The second-order valence-electron chi connectivity index (χ2n) is 6.08. The highest BCUT2D eigenvalue weighted by atomic mass is 19.3. The van der Waals surface area contributed by atoms with Crippen LogP contribution in [-0.4, -0.2) is 40.2 Å². The standard InChI is InChI=1S/C18H15F2N3O3/c19-18(20)3-5-23(6-4-18)15-2-1-11(7-12(15)9-21)14-8-13(17(25)26)16(24)10-22-14/h1-2,7-8,10,24H,3-6H2,(H,25,26). The number of carbonyl (C=O) groups is 1. The van der Waals surface area contributed by atoms with E-state index in [1.165, 1.54) is 12.1 Å². The molecule has 134 valence electrons. The van der Waals surface area contributed by atoms with Gasteiger partial charge in [0.1, 0.15) is 17.4 Å². The summed E-state index contributed by atoms with van der Waals surface area (Å²) in [5, 5.41) is 28.1. The fourth-order valence-corrected chi connectivity index (χ4v) is 2.91. The summed E-state index contributed by atoms with van der Waals surface area (Å²) >= 11 is 0. The number of hydrogen-bond acceptors (Lipinski definition) is 5. The quantitative estimate of drug-likeness (QED) is 0.873. The molecule has 1 aliphatic heterocycles. The van der Waals surface area contributed by atoms with Crippen molar-refractivity contribution in [2.45, 2.75) is 18.8 Å². The van der Waals surface area contributed by atoms with Gasteiger partial charge in [-0.15, -0.1) is 0 Å². The first-order valence-corrected chi connectivity index (χ1v) is 7.90. The van der Waals surface area contributed by atoms with Crippen LogP contribution in [0.25, 0.3) is 11.3 Å². The average molecular weight is 359 g/mol. The summed E-state index contributed by atoms with van der Waals surface area (Å²) in [6.07, 6.45) is 0.508. The van der Waals surface area contributed by atoms with Crippen molar-refractivity contribution in [1.82, 2.24) is 4.98 Å². The van der Waals surface area contributed by atoms with E-state index < -0.39 is 17.6 Å². The molecule has 1 aromatic heterocycles. The number of carboxylic acids is 1. The fourth-order valence-electron chi connectivity index (χ4n) is 2.91. The van der Waals surface area contributed by atoms with Crippen LogP contribution in [-0.2, 0) is 0 Å². The van der Waals surface area contributed by atoms with Gasteiger partial charge in [0.2, 0.25) is 0 Å². The molecule has 0 aliphatic carbocycles. The SMILES string of the molecule is N#Cc1cc(-c2cc(C(=O)O)c(O)cn2)ccc1N1CCC(F)(F)CC1. The molecule has 0 spiro atoms. The van der Waals surface area contributed by atoms with E-state index in [0.717, 1.165) is 6.20 Å². The van der Waals surface area contributed by atoms with Crippen LogP contribution < -0.4 is 4.90 Å². The number of aromatic nitrogens is 1. The van der Waals surface area contributed by atoms with Crippen molar-refractivity contribution >= 4 is 11.7 Å². The Morgan fingerprint density at radius 2 is 1.96 bits per heavy atom. The molecular weight excluding hydrogens is 344 g/mol. The lowest BCUT2D eigenvalue weighted by atomic mass is 10.0. The number of nitrogens with zero attached hydrogens (tertiary/aromatic N) is 3. The van der Waals surface area contributed by atoms with Crippen LogP contribution in [0.1, 0.15) is 28.8 Å². The highest BCUT2D eigenvalue weighted by molar-refractivity contribution is 5.92. The molecule has 1 saturated heterocycles. The maximum atomic E-state index is 13.3. The Hall–Kier alpha value is -3.21. The van der Waals surface area contributed by atoms with E-state index in [0.29, 0.717) is 16.8 Å². The minimum atomic E-state index is -2.67. The average Bonchev–Trinajstić information content (AvgIpc) is 2.61. The Balaban J connectivity index is 1.94. The molecule has 2 aromatic rings. The van der Waals surface area contributed by atoms with Crippen molar-refractivity contribution in [2.75, 3.05) is 18.0 Å². The minimum absolute atomic E-state index is 0.154. The van der Waals surface area contributed by atoms with E-state index in [-0.39, 0.29) is 37.2 Å². The first-order valence-electron chi connectivity index (χ1n) is 7.90. The van der Waals surface area contributed by atoms with Crippen LogP contribution in [0, 0.1) is 11.3 Å². The summed E-state index contributed by atoms with van der Waals surface area (Å²) < 4.78 is 26.7. The Kier molecular flexibility index (Phi) is 4.47. The third-order valence-corrected chi connectivity index (χ3v) is 4.36. The summed E-state index contributed by atoms with van der Waals surface area (Å²) in [5.74, 6) is -4.42. The molecule has 0 radical (unpaired) electrons. The van der Waals surface area contributed by atoms with Gasteiger partial charge in [-0.2, -0.15) is 5.26 Å². The van der Waals surface area contributed by atoms with E-state index >= 15 is 0 Å². The first-order chi connectivity index (χ1) is 12.3. The molecule has 0 saturated carbocycles. The van der Waals surface area contributed by atoms with Crippen molar-refractivity contribution in [3.63, 3.8) is 0 Å². The molecule has 8 heteroatoms. The maximum Gasteiger partial charge on any atom is 0.339 e. The van der Waals surface area contributed by atoms with Crippen LogP contribution in [0.4, 0.5) is 14.5 Å². The molecule has 0 bridgehead atoms. The van der Waals surface area contributed by atoms with Crippen LogP contribution in [0.15, 0.2) is 30.5 Å². The fraction of sp³-hybridized carbons (Fsp3) is 0.278. The van der Waals surface area contributed by atoms with E-state index in [2.05, 4.69) is 4.98 Å². The number of alkyl halides is 2. The van der Waals surface area contributed by atoms with Gasteiger partial charge in [0.05, 0.1) is 23.1 Å². The first kappa shape index (κ1) is 17.6. The third-order valence-electron chi connectivity index (χ3n) is 4.36. The molecule has 1 fully saturated rings. The van der Waals surface area contributed by atoms with Gasteiger partial charge in [0, 0.05) is 31.5 Å². The van der Waals surface area contributed by atoms with Crippen LogP contribution in [0.5, 0.6) is 5.75 Å². The predicted molar refractivity (Wildman–Crippen MR) is 89.4 cm³/mol. The monoisotopic (exact) mass is 359 g/mol. The maximum absolute atomic E-state index is 13.3. The summed E-state index contributed by atoms with van der Waals surface area (Å²) in [6, 6.07) is 8.09. The van der Waals surface area contributed by atoms with Crippen molar-refractivity contribution in [3.8, 4) is 23.1 Å². The van der Waals surface area contributed by atoms with Gasteiger partial charge in [-0.1, -0.05) is 6.07 Å². The third kappa shape index (κ3) is 3.42. The number of rotatable bonds is 3. The number of hydrogen-bond donors (Lipinski definition) is 2. The largest absolute Gasteiger partial charge is 0.505 e. The molecule has 3 rings (SSSR count). The second-order valence-corrected chi connectivity index (χ2v) is 6.08. The Bertz CT molecular complexity index is 899. The number of aromatic hydroxyl groups is 1. The highest BCUT2D eigenvalue weighted by Crippen LogP contribution is 2.33. The number of halogens is 2. The van der Waals surface area contributed by atoms with Gasteiger partial charge in [-0.25, -0.2) is 13.6 Å².